The van der Waals surface area contributed by atoms with E-state index in [0.717, 1.165) is 6.42 Å². The lowest BCUT2D eigenvalue weighted by Crippen LogP contribution is -1.98. The van der Waals surface area contributed by atoms with E-state index in [0.29, 0.717) is 5.41 Å². The maximum atomic E-state index is 2.36. The summed E-state index contributed by atoms with van der Waals surface area (Å²) in [5, 5.41) is 0. The smallest absolute Gasteiger partial charge is 0.00746 e. The fourth-order valence-electron chi connectivity index (χ4n) is 1.62. The van der Waals surface area contributed by atoms with Crippen LogP contribution in [-0.4, -0.2) is 0 Å². The molecule has 0 heteroatoms. The quantitative estimate of drug-likeness (QED) is 0.651. The summed E-state index contributed by atoms with van der Waals surface area (Å²) in [6.07, 6.45) is 3.90. The summed E-state index contributed by atoms with van der Waals surface area (Å²) in [4.78, 5) is 0. The summed E-state index contributed by atoms with van der Waals surface area (Å²) in [6.45, 7) is 8.56. The minimum atomic E-state index is 0.534. The summed E-state index contributed by atoms with van der Waals surface area (Å²) in [7, 11) is 0. The molecule has 0 spiro atoms. The molecule has 1 aromatic rings. The van der Waals surface area contributed by atoms with Gasteiger partial charge in [0.2, 0.25) is 0 Å². The van der Waals surface area contributed by atoms with Crippen LogP contribution in [0.15, 0.2) is 24.3 Å². The van der Waals surface area contributed by atoms with Gasteiger partial charge in [0.15, 0.2) is 0 Å². The van der Waals surface area contributed by atoms with Crippen LogP contribution >= 0.6 is 0 Å². The van der Waals surface area contributed by atoms with E-state index in [2.05, 4.69) is 38.1 Å². The highest BCUT2D eigenvalue weighted by atomic mass is 14.4. The molecule has 0 atom stereocenters. The average molecular weight is 190 g/mol. The molecule has 0 radical (unpaired) electrons. The van der Waals surface area contributed by atoms with E-state index in [4.69, 9.17) is 0 Å². The lowest BCUT2D eigenvalue weighted by Gasteiger charge is -2.08. The SMILES string of the molecule is CC.CCc1ccc(C2(C)CC2)cc1. The van der Waals surface area contributed by atoms with Crippen LogP contribution in [0.2, 0.25) is 0 Å². The molecule has 78 valence electrons. The first-order valence-corrected chi connectivity index (χ1v) is 5.84. The maximum absolute atomic E-state index is 2.36. The highest BCUT2D eigenvalue weighted by Crippen LogP contribution is 2.47. The van der Waals surface area contributed by atoms with E-state index in [1.54, 1.807) is 0 Å². The number of hydrogen-bond acceptors (Lipinski definition) is 0. The van der Waals surface area contributed by atoms with E-state index in [1.165, 1.54) is 24.0 Å². The van der Waals surface area contributed by atoms with Crippen LogP contribution in [0.4, 0.5) is 0 Å². The molecule has 1 fully saturated rings. The standard InChI is InChI=1S/C12H16.C2H6/c1-3-10-4-6-11(7-5-10)12(2)8-9-12;1-2/h4-7H,3,8-9H2,1-2H3;1-2H3. The van der Waals surface area contributed by atoms with Crippen LogP contribution in [0.5, 0.6) is 0 Å². The Labute approximate surface area is 88.4 Å². The third-order valence-electron chi connectivity index (χ3n) is 3.06. The molecule has 0 aromatic heterocycles. The van der Waals surface area contributed by atoms with Gasteiger partial charge >= 0.3 is 0 Å². The first kappa shape index (κ1) is 11.3. The Kier molecular flexibility index (Phi) is 3.74. The van der Waals surface area contributed by atoms with Crippen molar-refractivity contribution in [3.8, 4) is 0 Å². The van der Waals surface area contributed by atoms with Crippen LogP contribution in [0.1, 0.15) is 51.7 Å². The number of aryl methyl sites for hydroxylation is 1. The predicted octanol–water partition coefficient (Wildman–Crippen LogP) is 4.33. The Hall–Kier alpha value is -0.780. The molecular weight excluding hydrogens is 168 g/mol. The third kappa shape index (κ3) is 2.37. The summed E-state index contributed by atoms with van der Waals surface area (Å²) in [5.74, 6) is 0. The normalized spacial score (nSPS) is 16.9. The van der Waals surface area contributed by atoms with E-state index < -0.39 is 0 Å². The van der Waals surface area contributed by atoms with Crippen molar-refractivity contribution >= 4 is 0 Å². The van der Waals surface area contributed by atoms with Crippen LogP contribution in [-0.2, 0) is 11.8 Å². The van der Waals surface area contributed by atoms with E-state index in [-0.39, 0.29) is 0 Å². The molecule has 1 aliphatic rings. The van der Waals surface area contributed by atoms with Crippen molar-refractivity contribution in [1.82, 2.24) is 0 Å². The van der Waals surface area contributed by atoms with Gasteiger partial charge in [0, 0.05) is 0 Å². The molecular formula is C14H22. The summed E-state index contributed by atoms with van der Waals surface area (Å²) in [5.41, 5.74) is 3.51. The summed E-state index contributed by atoms with van der Waals surface area (Å²) >= 11 is 0. The first-order valence-electron chi connectivity index (χ1n) is 5.84. The van der Waals surface area contributed by atoms with Gasteiger partial charge in [0.05, 0.1) is 0 Å². The Morgan fingerprint density at radius 1 is 1.07 bits per heavy atom. The number of hydrogen-bond donors (Lipinski definition) is 0. The zero-order valence-corrected chi connectivity index (χ0v) is 9.93. The summed E-state index contributed by atoms with van der Waals surface area (Å²) < 4.78 is 0. The Balaban J connectivity index is 0.000000461. The lowest BCUT2D eigenvalue weighted by molar-refractivity contribution is 0.787. The number of benzene rings is 1. The van der Waals surface area contributed by atoms with Crippen LogP contribution in [0, 0.1) is 0 Å². The predicted molar refractivity (Wildman–Crippen MR) is 63.8 cm³/mol. The molecule has 0 N–H and O–H groups in total. The monoisotopic (exact) mass is 190 g/mol. The molecule has 0 aliphatic heterocycles. The molecule has 14 heavy (non-hydrogen) atoms. The Morgan fingerprint density at radius 2 is 1.57 bits per heavy atom. The minimum absolute atomic E-state index is 0.534. The molecule has 1 aromatic carbocycles. The molecule has 0 bridgehead atoms. The van der Waals surface area contributed by atoms with Crippen molar-refractivity contribution in [3.05, 3.63) is 35.4 Å². The van der Waals surface area contributed by atoms with Crippen LogP contribution < -0.4 is 0 Å². The van der Waals surface area contributed by atoms with Crippen molar-refractivity contribution < 1.29 is 0 Å². The summed E-state index contributed by atoms with van der Waals surface area (Å²) in [6, 6.07) is 9.12. The van der Waals surface area contributed by atoms with Crippen molar-refractivity contribution in [1.29, 1.82) is 0 Å². The van der Waals surface area contributed by atoms with Crippen LogP contribution in [0.25, 0.3) is 0 Å². The molecule has 1 saturated carbocycles. The molecule has 0 nitrogen and oxygen atoms in total. The second-order valence-electron chi connectivity index (χ2n) is 4.11. The lowest BCUT2D eigenvalue weighted by atomic mass is 9.97. The van der Waals surface area contributed by atoms with Crippen LogP contribution in [0.3, 0.4) is 0 Å². The number of rotatable bonds is 2. The van der Waals surface area contributed by atoms with Gasteiger partial charge in [0.1, 0.15) is 0 Å². The highest BCUT2D eigenvalue weighted by Gasteiger charge is 2.38. The van der Waals surface area contributed by atoms with Crippen molar-refractivity contribution in [2.45, 2.75) is 52.4 Å². The van der Waals surface area contributed by atoms with Gasteiger partial charge in [-0.2, -0.15) is 0 Å². The van der Waals surface area contributed by atoms with Gasteiger partial charge in [-0.25, -0.2) is 0 Å². The molecule has 2 rings (SSSR count). The molecule has 0 amide bonds. The van der Waals surface area contributed by atoms with Crippen molar-refractivity contribution in [3.63, 3.8) is 0 Å². The van der Waals surface area contributed by atoms with Gasteiger partial charge in [-0.15, -0.1) is 0 Å². The third-order valence-corrected chi connectivity index (χ3v) is 3.06. The van der Waals surface area contributed by atoms with Gasteiger partial charge in [0.25, 0.3) is 0 Å². The largest absolute Gasteiger partial charge is 0.0683 e. The first-order chi connectivity index (χ1) is 6.74. The molecule has 1 aliphatic carbocycles. The average Bonchev–Trinajstić information content (AvgIpc) is 3.01. The zero-order valence-electron chi connectivity index (χ0n) is 9.93. The molecule has 0 heterocycles. The molecule has 0 unspecified atom stereocenters. The topological polar surface area (TPSA) is 0 Å². The van der Waals surface area contributed by atoms with Gasteiger partial charge in [-0.05, 0) is 35.8 Å². The molecule has 0 saturated heterocycles. The van der Waals surface area contributed by atoms with Gasteiger partial charge < -0.3 is 0 Å². The maximum Gasteiger partial charge on any atom is -0.00746 e. The minimum Gasteiger partial charge on any atom is -0.0683 e. The Bertz CT molecular complexity index is 265. The fraction of sp³-hybridized carbons (Fsp3) is 0.571. The van der Waals surface area contributed by atoms with E-state index in [9.17, 15) is 0 Å². The van der Waals surface area contributed by atoms with Crippen molar-refractivity contribution in [2.75, 3.05) is 0 Å². The van der Waals surface area contributed by atoms with E-state index >= 15 is 0 Å². The van der Waals surface area contributed by atoms with Gasteiger partial charge in [-0.1, -0.05) is 52.0 Å². The fourth-order valence-corrected chi connectivity index (χ4v) is 1.62. The Morgan fingerprint density at radius 3 is 1.93 bits per heavy atom. The highest BCUT2D eigenvalue weighted by molar-refractivity contribution is 5.32. The van der Waals surface area contributed by atoms with Gasteiger partial charge in [-0.3, -0.25) is 0 Å². The second kappa shape index (κ2) is 4.63. The zero-order chi connectivity index (χ0) is 10.6. The van der Waals surface area contributed by atoms with E-state index in [1.807, 2.05) is 13.8 Å². The van der Waals surface area contributed by atoms with Crippen molar-refractivity contribution in [2.24, 2.45) is 0 Å². The second-order valence-corrected chi connectivity index (χ2v) is 4.11.